The van der Waals surface area contributed by atoms with Crippen LogP contribution in [0.5, 0.6) is 0 Å². The third-order valence-corrected chi connectivity index (χ3v) is 6.43. The monoisotopic (exact) mass is 406 g/mol. The van der Waals surface area contributed by atoms with Gasteiger partial charge >= 0.3 is 0 Å². The molecule has 1 heterocycles. The number of amides is 1. The molecule has 0 aliphatic carbocycles. The van der Waals surface area contributed by atoms with Gasteiger partial charge in [-0.05, 0) is 36.1 Å². The van der Waals surface area contributed by atoms with E-state index in [1.54, 1.807) is 6.07 Å². The predicted molar refractivity (Wildman–Crippen MR) is 107 cm³/mol. The summed E-state index contributed by atoms with van der Waals surface area (Å²) in [7, 11) is -3.20. The van der Waals surface area contributed by atoms with E-state index in [0.29, 0.717) is 31.0 Å². The van der Waals surface area contributed by atoms with E-state index >= 15 is 0 Å². The van der Waals surface area contributed by atoms with Crippen LogP contribution < -0.4 is 5.32 Å². The Bertz CT molecular complexity index is 894. The molecule has 1 atom stereocenters. The third-order valence-electron chi connectivity index (χ3n) is 4.90. The zero-order valence-corrected chi connectivity index (χ0v) is 16.7. The second-order valence-corrected chi connectivity index (χ2v) is 9.26. The van der Waals surface area contributed by atoms with Gasteiger partial charge in [0, 0.05) is 24.0 Å². The SMILES string of the molecule is CS(=O)(=O)N1CCC(C(=O)NC(c2ccccc2)c2cccc(Cl)c2)CC1. The van der Waals surface area contributed by atoms with Crippen molar-refractivity contribution in [2.45, 2.75) is 18.9 Å². The first-order valence-corrected chi connectivity index (χ1v) is 11.1. The van der Waals surface area contributed by atoms with Gasteiger partial charge in [0.05, 0.1) is 12.3 Å². The maximum Gasteiger partial charge on any atom is 0.223 e. The Kier molecular flexibility index (Phi) is 6.19. The van der Waals surface area contributed by atoms with Crippen molar-refractivity contribution in [3.63, 3.8) is 0 Å². The molecule has 144 valence electrons. The van der Waals surface area contributed by atoms with Crippen molar-refractivity contribution in [3.05, 3.63) is 70.7 Å². The van der Waals surface area contributed by atoms with Crippen LogP contribution in [0.3, 0.4) is 0 Å². The summed E-state index contributed by atoms with van der Waals surface area (Å²) in [5, 5.41) is 3.75. The number of sulfonamides is 1. The van der Waals surface area contributed by atoms with Crippen LogP contribution in [0.2, 0.25) is 5.02 Å². The summed E-state index contributed by atoms with van der Waals surface area (Å²) in [6.07, 6.45) is 2.25. The molecule has 2 aromatic carbocycles. The number of rotatable bonds is 5. The van der Waals surface area contributed by atoms with Crippen molar-refractivity contribution in [2.24, 2.45) is 5.92 Å². The van der Waals surface area contributed by atoms with E-state index in [4.69, 9.17) is 11.6 Å². The molecule has 1 N–H and O–H groups in total. The summed E-state index contributed by atoms with van der Waals surface area (Å²) >= 11 is 6.15. The number of carbonyl (C=O) groups excluding carboxylic acids is 1. The summed E-state index contributed by atoms with van der Waals surface area (Å²) in [6.45, 7) is 0.758. The highest BCUT2D eigenvalue weighted by Crippen LogP contribution is 2.26. The fourth-order valence-corrected chi connectivity index (χ4v) is 4.47. The third kappa shape index (κ3) is 5.09. The number of carbonyl (C=O) groups is 1. The van der Waals surface area contributed by atoms with Crippen LogP contribution in [0.15, 0.2) is 54.6 Å². The molecule has 0 bridgehead atoms. The number of benzene rings is 2. The molecule has 0 spiro atoms. The van der Waals surface area contributed by atoms with Crippen LogP contribution in [-0.4, -0.2) is 38.0 Å². The lowest BCUT2D eigenvalue weighted by atomic mass is 9.94. The zero-order chi connectivity index (χ0) is 19.4. The second-order valence-electron chi connectivity index (χ2n) is 6.84. The van der Waals surface area contributed by atoms with Crippen molar-refractivity contribution >= 4 is 27.5 Å². The van der Waals surface area contributed by atoms with Gasteiger partial charge in [0.25, 0.3) is 0 Å². The Morgan fingerprint density at radius 1 is 1.07 bits per heavy atom. The molecule has 3 rings (SSSR count). The van der Waals surface area contributed by atoms with Crippen LogP contribution in [0.25, 0.3) is 0 Å². The average Bonchev–Trinajstić information content (AvgIpc) is 2.66. The second kappa shape index (κ2) is 8.42. The van der Waals surface area contributed by atoms with E-state index in [2.05, 4.69) is 5.32 Å². The van der Waals surface area contributed by atoms with E-state index in [1.165, 1.54) is 10.6 Å². The molecule has 1 fully saturated rings. The largest absolute Gasteiger partial charge is 0.345 e. The first-order chi connectivity index (χ1) is 12.8. The first kappa shape index (κ1) is 19.9. The van der Waals surface area contributed by atoms with Crippen LogP contribution in [0, 0.1) is 5.92 Å². The van der Waals surface area contributed by atoms with Crippen molar-refractivity contribution in [1.29, 1.82) is 0 Å². The predicted octanol–water partition coefficient (Wildman–Crippen LogP) is 3.22. The summed E-state index contributed by atoms with van der Waals surface area (Å²) in [5.41, 5.74) is 1.89. The molecule has 0 radical (unpaired) electrons. The van der Waals surface area contributed by atoms with Gasteiger partial charge in [-0.25, -0.2) is 12.7 Å². The molecule has 0 aromatic heterocycles. The zero-order valence-electron chi connectivity index (χ0n) is 15.1. The molecule has 0 saturated carbocycles. The van der Waals surface area contributed by atoms with Crippen LogP contribution in [-0.2, 0) is 14.8 Å². The van der Waals surface area contributed by atoms with Crippen molar-refractivity contribution in [1.82, 2.24) is 9.62 Å². The molecule has 5 nitrogen and oxygen atoms in total. The Balaban J connectivity index is 1.76. The van der Waals surface area contributed by atoms with E-state index in [-0.39, 0.29) is 17.9 Å². The van der Waals surface area contributed by atoms with Gasteiger partial charge in [-0.1, -0.05) is 54.1 Å². The minimum absolute atomic E-state index is 0.0584. The van der Waals surface area contributed by atoms with Gasteiger partial charge in [0.15, 0.2) is 0 Å². The summed E-state index contributed by atoms with van der Waals surface area (Å²) < 4.78 is 24.7. The Morgan fingerprint density at radius 2 is 1.70 bits per heavy atom. The lowest BCUT2D eigenvalue weighted by molar-refractivity contribution is -0.126. The van der Waals surface area contributed by atoms with Crippen LogP contribution in [0.4, 0.5) is 0 Å². The minimum atomic E-state index is -3.20. The summed E-state index contributed by atoms with van der Waals surface area (Å²) in [4.78, 5) is 12.9. The quantitative estimate of drug-likeness (QED) is 0.829. The fourth-order valence-electron chi connectivity index (χ4n) is 3.40. The van der Waals surface area contributed by atoms with Gasteiger partial charge in [-0.2, -0.15) is 0 Å². The summed E-state index contributed by atoms with van der Waals surface area (Å²) in [6, 6.07) is 16.9. The van der Waals surface area contributed by atoms with Gasteiger partial charge in [-0.15, -0.1) is 0 Å². The van der Waals surface area contributed by atoms with E-state index in [9.17, 15) is 13.2 Å². The number of halogens is 1. The lowest BCUT2D eigenvalue weighted by Gasteiger charge is -2.31. The van der Waals surface area contributed by atoms with Gasteiger partial charge in [0.2, 0.25) is 15.9 Å². The van der Waals surface area contributed by atoms with Gasteiger partial charge in [0.1, 0.15) is 0 Å². The van der Waals surface area contributed by atoms with Crippen LogP contribution in [0.1, 0.15) is 30.0 Å². The van der Waals surface area contributed by atoms with E-state index < -0.39 is 10.0 Å². The fraction of sp³-hybridized carbons (Fsp3) is 0.350. The van der Waals surface area contributed by atoms with Crippen molar-refractivity contribution in [2.75, 3.05) is 19.3 Å². The topological polar surface area (TPSA) is 66.5 Å². The van der Waals surface area contributed by atoms with Crippen LogP contribution >= 0.6 is 11.6 Å². The van der Waals surface area contributed by atoms with Gasteiger partial charge in [-0.3, -0.25) is 4.79 Å². The van der Waals surface area contributed by atoms with E-state index in [1.807, 2.05) is 48.5 Å². The maximum atomic E-state index is 12.9. The van der Waals surface area contributed by atoms with Crippen molar-refractivity contribution < 1.29 is 13.2 Å². The number of piperidine rings is 1. The molecular formula is C20H23ClN2O3S. The maximum absolute atomic E-state index is 12.9. The van der Waals surface area contributed by atoms with Crippen molar-refractivity contribution in [3.8, 4) is 0 Å². The molecule has 1 aliphatic heterocycles. The Hall–Kier alpha value is -1.89. The molecule has 27 heavy (non-hydrogen) atoms. The number of nitrogens with one attached hydrogen (secondary N) is 1. The molecule has 7 heteroatoms. The number of hydrogen-bond acceptors (Lipinski definition) is 3. The minimum Gasteiger partial charge on any atom is -0.345 e. The standard InChI is InChI=1S/C20H23ClN2O3S/c1-27(25,26)23-12-10-16(11-13-23)20(24)22-19(15-6-3-2-4-7-15)17-8-5-9-18(21)14-17/h2-9,14,16,19H,10-13H2,1H3,(H,22,24). The Labute approximate surface area is 165 Å². The normalized spacial score (nSPS) is 17.4. The average molecular weight is 407 g/mol. The Morgan fingerprint density at radius 3 is 2.30 bits per heavy atom. The van der Waals surface area contributed by atoms with Gasteiger partial charge < -0.3 is 5.32 Å². The molecule has 2 aromatic rings. The molecule has 1 aliphatic rings. The number of nitrogens with zero attached hydrogens (tertiary/aromatic N) is 1. The highest BCUT2D eigenvalue weighted by molar-refractivity contribution is 7.88. The molecule has 1 amide bonds. The highest BCUT2D eigenvalue weighted by Gasteiger charge is 2.30. The summed E-state index contributed by atoms with van der Waals surface area (Å²) in [5.74, 6) is -0.259. The number of hydrogen-bond donors (Lipinski definition) is 1. The molecule has 1 saturated heterocycles. The smallest absolute Gasteiger partial charge is 0.223 e. The highest BCUT2D eigenvalue weighted by atomic mass is 35.5. The first-order valence-electron chi connectivity index (χ1n) is 8.90. The molecule has 1 unspecified atom stereocenters. The lowest BCUT2D eigenvalue weighted by Crippen LogP contribution is -2.43. The molecular weight excluding hydrogens is 384 g/mol. The van der Waals surface area contributed by atoms with E-state index in [0.717, 1.165) is 11.1 Å².